The number of aryl methyl sites for hydroxylation is 1. The molecule has 4 rings (SSSR count). The predicted molar refractivity (Wildman–Crippen MR) is 113 cm³/mol. The minimum atomic E-state index is -0.338. The molecule has 2 atom stereocenters. The van der Waals surface area contributed by atoms with Gasteiger partial charge in [-0.1, -0.05) is 12.1 Å². The highest BCUT2D eigenvalue weighted by atomic mass is 16.5. The number of anilines is 1. The van der Waals surface area contributed by atoms with Crippen LogP contribution in [0.15, 0.2) is 55.2 Å². The van der Waals surface area contributed by atoms with Gasteiger partial charge in [0.05, 0.1) is 19.2 Å². The van der Waals surface area contributed by atoms with Gasteiger partial charge >= 0.3 is 0 Å². The second-order valence-electron chi connectivity index (χ2n) is 7.46. The summed E-state index contributed by atoms with van der Waals surface area (Å²) in [7, 11) is 3.57. The zero-order valence-electron chi connectivity index (χ0n) is 17.2. The molecule has 3 aromatic rings. The molecule has 30 heavy (non-hydrogen) atoms. The molecule has 156 valence electrons. The van der Waals surface area contributed by atoms with E-state index in [0.717, 1.165) is 42.3 Å². The SMILES string of the molecule is COc1ccc([C@@H](NC(=O)[C@H]2CCCN(c3cnccn3)C2)c2nccn2C)cc1. The maximum Gasteiger partial charge on any atom is 0.225 e. The molecule has 8 heteroatoms. The number of hydrogen-bond acceptors (Lipinski definition) is 6. The average Bonchev–Trinajstić information content (AvgIpc) is 3.23. The fourth-order valence-electron chi connectivity index (χ4n) is 3.86. The van der Waals surface area contributed by atoms with E-state index in [1.807, 2.05) is 42.1 Å². The molecule has 8 nitrogen and oxygen atoms in total. The molecule has 1 aliphatic heterocycles. The smallest absolute Gasteiger partial charge is 0.225 e. The first-order valence-electron chi connectivity index (χ1n) is 10.1. The van der Waals surface area contributed by atoms with E-state index in [9.17, 15) is 4.79 Å². The van der Waals surface area contributed by atoms with Crippen molar-refractivity contribution in [1.82, 2.24) is 24.8 Å². The van der Waals surface area contributed by atoms with Gasteiger partial charge in [-0.3, -0.25) is 9.78 Å². The van der Waals surface area contributed by atoms with Crippen molar-refractivity contribution in [2.75, 3.05) is 25.1 Å². The van der Waals surface area contributed by atoms with E-state index in [0.29, 0.717) is 6.54 Å². The van der Waals surface area contributed by atoms with Crippen molar-refractivity contribution in [2.24, 2.45) is 13.0 Å². The molecule has 0 saturated carbocycles. The number of nitrogens with zero attached hydrogens (tertiary/aromatic N) is 5. The van der Waals surface area contributed by atoms with Gasteiger partial charge in [0, 0.05) is 44.9 Å². The lowest BCUT2D eigenvalue weighted by atomic mass is 9.96. The Balaban J connectivity index is 1.53. The fraction of sp³-hybridized carbons (Fsp3) is 0.364. The van der Waals surface area contributed by atoms with E-state index in [-0.39, 0.29) is 17.9 Å². The molecule has 1 fully saturated rings. The molecule has 1 saturated heterocycles. The highest BCUT2D eigenvalue weighted by Crippen LogP contribution is 2.26. The Morgan fingerprint density at radius 2 is 2.03 bits per heavy atom. The van der Waals surface area contributed by atoms with Gasteiger partial charge in [0.1, 0.15) is 23.4 Å². The van der Waals surface area contributed by atoms with Crippen LogP contribution in [0.2, 0.25) is 0 Å². The third-order valence-corrected chi connectivity index (χ3v) is 5.52. The topological polar surface area (TPSA) is 85.2 Å². The quantitative estimate of drug-likeness (QED) is 0.676. The van der Waals surface area contributed by atoms with E-state index in [2.05, 4.69) is 25.2 Å². The van der Waals surface area contributed by atoms with Crippen LogP contribution in [0.25, 0.3) is 0 Å². The van der Waals surface area contributed by atoms with Crippen molar-refractivity contribution >= 4 is 11.7 Å². The monoisotopic (exact) mass is 406 g/mol. The van der Waals surface area contributed by atoms with Gasteiger partial charge in [0.2, 0.25) is 5.91 Å². The third kappa shape index (κ3) is 4.27. The first-order valence-corrected chi connectivity index (χ1v) is 10.1. The standard InChI is InChI=1S/C22H26N6O2/c1-27-13-11-25-21(27)20(16-5-7-18(30-2)8-6-16)26-22(29)17-4-3-12-28(15-17)19-14-23-9-10-24-19/h5-11,13-14,17,20H,3-4,12,15H2,1-2H3,(H,26,29)/t17-,20+/m0/s1. The molecular weight excluding hydrogens is 380 g/mol. The molecule has 3 heterocycles. The maximum absolute atomic E-state index is 13.3. The van der Waals surface area contributed by atoms with Crippen LogP contribution in [0.4, 0.5) is 5.82 Å². The highest BCUT2D eigenvalue weighted by Gasteiger charge is 2.30. The number of carbonyl (C=O) groups excluding carboxylic acids is 1. The Labute approximate surface area is 175 Å². The van der Waals surface area contributed by atoms with Crippen LogP contribution in [-0.2, 0) is 11.8 Å². The molecule has 0 aliphatic carbocycles. The number of benzene rings is 1. The largest absolute Gasteiger partial charge is 0.497 e. The number of nitrogens with one attached hydrogen (secondary N) is 1. The van der Waals surface area contributed by atoms with Gasteiger partial charge < -0.3 is 19.5 Å². The molecule has 0 unspecified atom stereocenters. The number of aromatic nitrogens is 4. The van der Waals surface area contributed by atoms with E-state index < -0.39 is 0 Å². The van der Waals surface area contributed by atoms with Crippen molar-refractivity contribution < 1.29 is 9.53 Å². The first kappa shape index (κ1) is 19.9. The lowest BCUT2D eigenvalue weighted by molar-refractivity contribution is -0.125. The van der Waals surface area contributed by atoms with Crippen LogP contribution in [0.1, 0.15) is 30.3 Å². The van der Waals surface area contributed by atoms with Crippen LogP contribution in [0.5, 0.6) is 5.75 Å². The number of hydrogen-bond donors (Lipinski definition) is 1. The summed E-state index contributed by atoms with van der Waals surface area (Å²) < 4.78 is 7.20. The number of piperidine rings is 1. The van der Waals surface area contributed by atoms with Gasteiger partial charge in [-0.2, -0.15) is 0 Å². The number of ether oxygens (including phenoxy) is 1. The minimum absolute atomic E-state index is 0.0207. The Hall–Kier alpha value is -3.42. The van der Waals surface area contributed by atoms with Crippen molar-refractivity contribution in [3.63, 3.8) is 0 Å². The summed E-state index contributed by atoms with van der Waals surface area (Å²) in [6, 6.07) is 7.38. The van der Waals surface area contributed by atoms with E-state index in [4.69, 9.17) is 4.74 Å². The van der Waals surface area contributed by atoms with Gasteiger partial charge in [-0.25, -0.2) is 9.97 Å². The zero-order valence-corrected chi connectivity index (χ0v) is 17.2. The molecular formula is C22H26N6O2. The summed E-state index contributed by atoms with van der Waals surface area (Å²) in [6.07, 6.45) is 10.5. The second kappa shape index (κ2) is 8.94. The summed E-state index contributed by atoms with van der Waals surface area (Å²) >= 11 is 0. The summed E-state index contributed by atoms with van der Waals surface area (Å²) in [5.41, 5.74) is 0.958. The molecule has 1 N–H and O–H groups in total. The van der Waals surface area contributed by atoms with Gasteiger partial charge in [0.25, 0.3) is 0 Å². The van der Waals surface area contributed by atoms with Crippen LogP contribution >= 0.6 is 0 Å². The van der Waals surface area contributed by atoms with E-state index in [1.165, 1.54) is 0 Å². The molecule has 0 bridgehead atoms. The summed E-state index contributed by atoms with van der Waals surface area (Å²) in [5.74, 6) is 2.27. The summed E-state index contributed by atoms with van der Waals surface area (Å²) in [6.45, 7) is 1.50. The number of rotatable bonds is 6. The summed E-state index contributed by atoms with van der Waals surface area (Å²) in [5, 5.41) is 3.23. The van der Waals surface area contributed by atoms with Crippen LogP contribution in [-0.4, -0.2) is 45.6 Å². The van der Waals surface area contributed by atoms with Crippen LogP contribution in [0, 0.1) is 5.92 Å². The Bertz CT molecular complexity index is 973. The van der Waals surface area contributed by atoms with Gasteiger partial charge in [0.15, 0.2) is 0 Å². The lowest BCUT2D eigenvalue weighted by Gasteiger charge is -2.33. The van der Waals surface area contributed by atoms with Gasteiger partial charge in [-0.05, 0) is 30.5 Å². The number of carbonyl (C=O) groups is 1. The Morgan fingerprint density at radius 1 is 1.20 bits per heavy atom. The highest BCUT2D eigenvalue weighted by molar-refractivity contribution is 5.80. The molecule has 2 aromatic heterocycles. The lowest BCUT2D eigenvalue weighted by Crippen LogP contribution is -2.44. The Kier molecular flexibility index (Phi) is 5.92. The minimum Gasteiger partial charge on any atom is -0.497 e. The summed E-state index contributed by atoms with van der Waals surface area (Å²) in [4.78, 5) is 28.4. The van der Waals surface area contributed by atoms with Crippen LogP contribution in [0.3, 0.4) is 0 Å². The van der Waals surface area contributed by atoms with Crippen molar-refractivity contribution in [3.8, 4) is 5.75 Å². The molecule has 1 amide bonds. The number of imidazole rings is 1. The molecule has 1 aliphatic rings. The normalized spacial score (nSPS) is 17.4. The van der Waals surface area contributed by atoms with Crippen molar-refractivity contribution in [3.05, 3.63) is 66.6 Å². The van der Waals surface area contributed by atoms with E-state index in [1.54, 1.807) is 31.9 Å². The Morgan fingerprint density at radius 3 is 2.70 bits per heavy atom. The molecule has 0 radical (unpaired) electrons. The first-order chi connectivity index (χ1) is 14.7. The predicted octanol–water partition coefficient (Wildman–Crippen LogP) is 2.34. The maximum atomic E-state index is 13.3. The fourth-order valence-corrected chi connectivity index (χ4v) is 3.86. The van der Waals surface area contributed by atoms with Crippen LogP contribution < -0.4 is 15.0 Å². The third-order valence-electron chi connectivity index (χ3n) is 5.52. The second-order valence-corrected chi connectivity index (χ2v) is 7.46. The van der Waals surface area contributed by atoms with Gasteiger partial charge in [-0.15, -0.1) is 0 Å². The van der Waals surface area contributed by atoms with Crippen molar-refractivity contribution in [1.29, 1.82) is 0 Å². The zero-order chi connectivity index (χ0) is 20.9. The number of amides is 1. The van der Waals surface area contributed by atoms with Crippen molar-refractivity contribution in [2.45, 2.75) is 18.9 Å². The molecule has 0 spiro atoms. The average molecular weight is 406 g/mol. The number of methoxy groups -OCH3 is 1. The van der Waals surface area contributed by atoms with E-state index >= 15 is 0 Å². The molecule has 1 aromatic carbocycles.